The van der Waals surface area contributed by atoms with E-state index < -0.39 is 0 Å². The maximum absolute atomic E-state index is 5.75. The number of aromatic nitrogens is 1. The van der Waals surface area contributed by atoms with E-state index in [2.05, 4.69) is 20.9 Å². The first-order valence-electron chi connectivity index (χ1n) is 5.13. The van der Waals surface area contributed by atoms with Gasteiger partial charge >= 0.3 is 0 Å². The predicted octanol–water partition coefficient (Wildman–Crippen LogP) is 3.95. The maximum atomic E-state index is 5.75. The molecule has 0 aliphatic carbocycles. The Balaban J connectivity index is 2.24. The van der Waals surface area contributed by atoms with Gasteiger partial charge in [-0.25, -0.2) is 0 Å². The summed E-state index contributed by atoms with van der Waals surface area (Å²) in [6, 6.07) is 9.29. The van der Waals surface area contributed by atoms with E-state index in [4.69, 9.17) is 9.47 Å². The molecule has 17 heavy (non-hydrogen) atoms. The standard InChI is InChI=1S/C13H12BrNO2/c1-9-7-11(5-6-15-9)17-13-4-3-10(16-2)8-12(13)14/h3-8H,1-2H3. The van der Waals surface area contributed by atoms with Gasteiger partial charge < -0.3 is 9.47 Å². The van der Waals surface area contributed by atoms with Gasteiger partial charge in [0.15, 0.2) is 0 Å². The summed E-state index contributed by atoms with van der Waals surface area (Å²) in [6.45, 7) is 1.93. The Morgan fingerprint density at radius 2 is 1.94 bits per heavy atom. The summed E-state index contributed by atoms with van der Waals surface area (Å²) in [6.07, 6.45) is 1.72. The Bertz CT molecular complexity index is 529. The highest BCUT2D eigenvalue weighted by Crippen LogP contribution is 2.32. The molecule has 1 aromatic heterocycles. The van der Waals surface area contributed by atoms with Crippen LogP contribution in [0.4, 0.5) is 0 Å². The van der Waals surface area contributed by atoms with Crippen LogP contribution in [0.3, 0.4) is 0 Å². The van der Waals surface area contributed by atoms with Gasteiger partial charge in [0, 0.05) is 18.0 Å². The maximum Gasteiger partial charge on any atom is 0.141 e. The van der Waals surface area contributed by atoms with Gasteiger partial charge in [-0.3, -0.25) is 4.98 Å². The molecule has 2 aromatic rings. The van der Waals surface area contributed by atoms with Crippen molar-refractivity contribution in [1.29, 1.82) is 0 Å². The SMILES string of the molecule is COc1ccc(Oc2ccnc(C)c2)c(Br)c1. The number of halogens is 1. The first-order chi connectivity index (χ1) is 8.19. The summed E-state index contributed by atoms with van der Waals surface area (Å²) >= 11 is 3.44. The first-order valence-corrected chi connectivity index (χ1v) is 5.92. The number of benzene rings is 1. The lowest BCUT2D eigenvalue weighted by Gasteiger charge is -2.09. The number of pyridine rings is 1. The fourth-order valence-electron chi connectivity index (χ4n) is 1.40. The molecule has 4 heteroatoms. The Hall–Kier alpha value is -1.55. The molecular weight excluding hydrogens is 282 g/mol. The third-order valence-corrected chi connectivity index (χ3v) is 2.85. The smallest absolute Gasteiger partial charge is 0.141 e. The van der Waals surface area contributed by atoms with Crippen molar-refractivity contribution in [3.05, 3.63) is 46.7 Å². The number of nitrogens with zero attached hydrogens (tertiary/aromatic N) is 1. The number of hydrogen-bond acceptors (Lipinski definition) is 3. The molecule has 88 valence electrons. The summed E-state index contributed by atoms with van der Waals surface area (Å²) in [5, 5.41) is 0. The summed E-state index contributed by atoms with van der Waals surface area (Å²) in [7, 11) is 1.63. The molecule has 2 rings (SSSR count). The third-order valence-electron chi connectivity index (χ3n) is 2.23. The molecule has 0 saturated carbocycles. The van der Waals surface area contributed by atoms with Gasteiger partial charge in [0.1, 0.15) is 17.2 Å². The van der Waals surface area contributed by atoms with Gasteiger partial charge in [0.25, 0.3) is 0 Å². The van der Waals surface area contributed by atoms with Gasteiger partial charge in [0.2, 0.25) is 0 Å². The Morgan fingerprint density at radius 3 is 2.59 bits per heavy atom. The second-order valence-corrected chi connectivity index (χ2v) is 4.39. The summed E-state index contributed by atoms with van der Waals surface area (Å²) in [4.78, 5) is 4.12. The summed E-state index contributed by atoms with van der Waals surface area (Å²) < 4.78 is 11.7. The second-order valence-electron chi connectivity index (χ2n) is 3.53. The van der Waals surface area contributed by atoms with Crippen molar-refractivity contribution in [2.45, 2.75) is 6.92 Å². The highest BCUT2D eigenvalue weighted by molar-refractivity contribution is 9.10. The van der Waals surface area contributed by atoms with Crippen molar-refractivity contribution < 1.29 is 9.47 Å². The fraction of sp³-hybridized carbons (Fsp3) is 0.154. The zero-order valence-corrected chi connectivity index (χ0v) is 11.2. The normalized spacial score (nSPS) is 10.1. The predicted molar refractivity (Wildman–Crippen MR) is 69.7 cm³/mol. The molecular formula is C13H12BrNO2. The fourth-order valence-corrected chi connectivity index (χ4v) is 1.84. The van der Waals surface area contributed by atoms with Gasteiger partial charge in [-0.1, -0.05) is 0 Å². The van der Waals surface area contributed by atoms with Crippen molar-refractivity contribution in [1.82, 2.24) is 4.98 Å². The van der Waals surface area contributed by atoms with Gasteiger partial charge in [0.05, 0.1) is 11.6 Å². The number of rotatable bonds is 3. The quantitative estimate of drug-likeness (QED) is 0.858. The molecule has 0 fully saturated rings. The van der Waals surface area contributed by atoms with Crippen molar-refractivity contribution in [2.24, 2.45) is 0 Å². The van der Waals surface area contributed by atoms with Crippen molar-refractivity contribution in [3.63, 3.8) is 0 Å². The zero-order chi connectivity index (χ0) is 12.3. The van der Waals surface area contributed by atoms with E-state index in [0.29, 0.717) is 0 Å². The highest BCUT2D eigenvalue weighted by Gasteiger charge is 2.04. The molecule has 0 unspecified atom stereocenters. The van der Waals surface area contributed by atoms with Crippen LogP contribution < -0.4 is 9.47 Å². The van der Waals surface area contributed by atoms with Crippen LogP contribution in [0.25, 0.3) is 0 Å². The van der Waals surface area contributed by atoms with Crippen LogP contribution in [-0.2, 0) is 0 Å². The largest absolute Gasteiger partial charge is 0.497 e. The van der Waals surface area contributed by atoms with Crippen LogP contribution in [0.15, 0.2) is 41.0 Å². The molecule has 1 aromatic carbocycles. The molecule has 0 amide bonds. The van der Waals surface area contributed by atoms with E-state index in [1.165, 1.54) is 0 Å². The van der Waals surface area contributed by atoms with Crippen molar-refractivity contribution >= 4 is 15.9 Å². The molecule has 0 aliphatic rings. The Labute approximate surface area is 109 Å². The average molecular weight is 294 g/mol. The third kappa shape index (κ3) is 2.97. The highest BCUT2D eigenvalue weighted by atomic mass is 79.9. The molecule has 0 aliphatic heterocycles. The molecule has 1 heterocycles. The van der Waals surface area contributed by atoms with E-state index >= 15 is 0 Å². The molecule has 0 atom stereocenters. The van der Waals surface area contributed by atoms with E-state index in [1.807, 2.05) is 37.3 Å². The average Bonchev–Trinajstić information content (AvgIpc) is 2.32. The Morgan fingerprint density at radius 1 is 1.12 bits per heavy atom. The van der Waals surface area contributed by atoms with Crippen LogP contribution in [0.2, 0.25) is 0 Å². The van der Waals surface area contributed by atoms with E-state index in [-0.39, 0.29) is 0 Å². The summed E-state index contributed by atoms with van der Waals surface area (Å²) in [5.41, 5.74) is 0.923. The van der Waals surface area contributed by atoms with Crippen LogP contribution in [0.5, 0.6) is 17.2 Å². The monoisotopic (exact) mass is 293 g/mol. The molecule has 0 spiro atoms. The lowest BCUT2D eigenvalue weighted by molar-refractivity contribution is 0.412. The van der Waals surface area contributed by atoms with E-state index in [9.17, 15) is 0 Å². The molecule has 0 N–H and O–H groups in total. The topological polar surface area (TPSA) is 31.4 Å². The van der Waals surface area contributed by atoms with Gasteiger partial charge in [-0.2, -0.15) is 0 Å². The van der Waals surface area contributed by atoms with Crippen LogP contribution >= 0.6 is 15.9 Å². The van der Waals surface area contributed by atoms with Crippen LogP contribution in [0, 0.1) is 6.92 Å². The minimum Gasteiger partial charge on any atom is -0.497 e. The number of aryl methyl sites for hydroxylation is 1. The molecule has 0 bridgehead atoms. The molecule has 0 saturated heterocycles. The van der Waals surface area contributed by atoms with Gasteiger partial charge in [-0.15, -0.1) is 0 Å². The number of hydrogen-bond donors (Lipinski definition) is 0. The number of methoxy groups -OCH3 is 1. The van der Waals surface area contributed by atoms with Crippen LogP contribution in [-0.4, -0.2) is 12.1 Å². The van der Waals surface area contributed by atoms with Gasteiger partial charge in [-0.05, 0) is 47.1 Å². The first kappa shape index (κ1) is 11.9. The van der Waals surface area contributed by atoms with Crippen molar-refractivity contribution in [3.8, 4) is 17.2 Å². The molecule has 0 radical (unpaired) electrons. The minimum atomic E-state index is 0.747. The molecule has 3 nitrogen and oxygen atoms in total. The van der Waals surface area contributed by atoms with E-state index in [0.717, 1.165) is 27.4 Å². The zero-order valence-electron chi connectivity index (χ0n) is 9.61. The minimum absolute atomic E-state index is 0.747. The lowest BCUT2D eigenvalue weighted by atomic mass is 10.3. The second kappa shape index (κ2) is 5.19. The lowest BCUT2D eigenvalue weighted by Crippen LogP contribution is -1.89. The van der Waals surface area contributed by atoms with Crippen molar-refractivity contribution in [2.75, 3.05) is 7.11 Å². The van der Waals surface area contributed by atoms with Crippen LogP contribution in [0.1, 0.15) is 5.69 Å². The van der Waals surface area contributed by atoms with E-state index in [1.54, 1.807) is 13.3 Å². The Kier molecular flexibility index (Phi) is 3.64. The summed E-state index contributed by atoms with van der Waals surface area (Å²) in [5.74, 6) is 2.30. The number of ether oxygens (including phenoxy) is 2.